The van der Waals surface area contributed by atoms with Crippen LogP contribution in [-0.2, 0) is 4.79 Å². The van der Waals surface area contributed by atoms with Crippen molar-refractivity contribution in [1.29, 1.82) is 0 Å². The lowest BCUT2D eigenvalue weighted by atomic mass is 10.1. The van der Waals surface area contributed by atoms with Gasteiger partial charge in [0.05, 0.1) is 28.3 Å². The first-order chi connectivity index (χ1) is 10.2. The molecule has 1 aliphatic heterocycles. The normalized spacial score (nSPS) is 15.9. The van der Waals surface area contributed by atoms with Crippen LogP contribution in [0.4, 0.5) is 0 Å². The van der Waals surface area contributed by atoms with Crippen LogP contribution in [0.2, 0.25) is 5.02 Å². The van der Waals surface area contributed by atoms with E-state index in [2.05, 4.69) is 4.99 Å². The van der Waals surface area contributed by atoms with Crippen molar-refractivity contribution in [1.82, 2.24) is 4.57 Å². The van der Waals surface area contributed by atoms with Crippen molar-refractivity contribution in [3.63, 3.8) is 0 Å². The first-order valence-corrected chi connectivity index (χ1v) is 7.41. The second-order valence-corrected chi connectivity index (χ2v) is 5.60. The first kappa shape index (κ1) is 14.0. The number of ether oxygens (including phenoxy) is 1. The van der Waals surface area contributed by atoms with E-state index in [0.717, 1.165) is 11.3 Å². The SMILES string of the molecule is COc1cc(-n2cccc2)c(Cl)cc1C=C1SC=NC1=O. The van der Waals surface area contributed by atoms with Gasteiger partial charge in [0.2, 0.25) is 0 Å². The molecular weight excluding hydrogens is 308 g/mol. The lowest BCUT2D eigenvalue weighted by Gasteiger charge is -2.11. The van der Waals surface area contributed by atoms with Crippen LogP contribution >= 0.6 is 23.4 Å². The number of aromatic nitrogens is 1. The fourth-order valence-electron chi connectivity index (χ4n) is 2.02. The number of carbonyl (C=O) groups is 1. The third-order valence-electron chi connectivity index (χ3n) is 3.03. The van der Waals surface area contributed by atoms with Gasteiger partial charge in [0.1, 0.15) is 5.75 Å². The number of benzene rings is 1. The van der Waals surface area contributed by atoms with Gasteiger partial charge in [-0.1, -0.05) is 23.4 Å². The van der Waals surface area contributed by atoms with Gasteiger partial charge in [-0.3, -0.25) is 4.79 Å². The van der Waals surface area contributed by atoms with Crippen LogP contribution in [0.15, 0.2) is 46.6 Å². The van der Waals surface area contributed by atoms with E-state index >= 15 is 0 Å². The minimum Gasteiger partial charge on any atom is -0.496 e. The monoisotopic (exact) mass is 318 g/mol. The van der Waals surface area contributed by atoms with Gasteiger partial charge in [-0.25, -0.2) is 4.99 Å². The van der Waals surface area contributed by atoms with Crippen molar-refractivity contribution in [2.45, 2.75) is 0 Å². The summed E-state index contributed by atoms with van der Waals surface area (Å²) in [5.41, 5.74) is 3.10. The molecule has 4 nitrogen and oxygen atoms in total. The van der Waals surface area contributed by atoms with Crippen molar-refractivity contribution in [3.8, 4) is 11.4 Å². The van der Waals surface area contributed by atoms with Gasteiger partial charge in [-0.15, -0.1) is 0 Å². The Morgan fingerprint density at radius 1 is 1.33 bits per heavy atom. The third kappa shape index (κ3) is 2.75. The van der Waals surface area contributed by atoms with Gasteiger partial charge in [0, 0.05) is 24.0 Å². The van der Waals surface area contributed by atoms with Crippen molar-refractivity contribution >= 4 is 40.9 Å². The van der Waals surface area contributed by atoms with Crippen molar-refractivity contribution in [2.75, 3.05) is 7.11 Å². The van der Waals surface area contributed by atoms with Crippen LogP contribution in [0.5, 0.6) is 5.75 Å². The van der Waals surface area contributed by atoms with E-state index in [1.165, 1.54) is 17.3 Å². The maximum Gasteiger partial charge on any atom is 0.284 e. The minimum atomic E-state index is -0.243. The second kappa shape index (κ2) is 5.79. The van der Waals surface area contributed by atoms with E-state index in [4.69, 9.17) is 16.3 Å². The Morgan fingerprint density at radius 2 is 2.10 bits per heavy atom. The van der Waals surface area contributed by atoms with Crippen LogP contribution in [0, 0.1) is 0 Å². The van der Waals surface area contributed by atoms with E-state index in [9.17, 15) is 4.79 Å². The zero-order valence-electron chi connectivity index (χ0n) is 11.1. The van der Waals surface area contributed by atoms with Gasteiger partial charge in [-0.05, 0) is 24.3 Å². The summed E-state index contributed by atoms with van der Waals surface area (Å²) in [6.07, 6.45) is 5.55. The zero-order chi connectivity index (χ0) is 14.8. The molecule has 2 heterocycles. The summed E-state index contributed by atoms with van der Waals surface area (Å²) in [5, 5.41) is 0.579. The first-order valence-electron chi connectivity index (χ1n) is 6.15. The Bertz CT molecular complexity index is 751. The van der Waals surface area contributed by atoms with Crippen molar-refractivity contribution in [2.24, 2.45) is 4.99 Å². The Kier molecular flexibility index (Phi) is 3.86. The standard InChI is InChI=1S/C15H11ClN2O2S/c1-20-13-8-12(18-4-2-3-5-18)11(16)6-10(13)7-14-15(19)17-9-21-14/h2-9H,1H3. The molecular formula is C15H11ClN2O2S. The zero-order valence-corrected chi connectivity index (χ0v) is 12.7. The Labute approximate surface area is 131 Å². The average molecular weight is 319 g/mol. The number of amides is 1. The number of nitrogens with zero attached hydrogens (tertiary/aromatic N) is 2. The number of hydrogen-bond acceptors (Lipinski definition) is 3. The molecule has 0 saturated carbocycles. The summed E-state index contributed by atoms with van der Waals surface area (Å²) < 4.78 is 7.31. The topological polar surface area (TPSA) is 43.6 Å². The number of thioether (sulfide) groups is 1. The van der Waals surface area contributed by atoms with Gasteiger partial charge < -0.3 is 9.30 Å². The average Bonchev–Trinajstić information content (AvgIpc) is 3.12. The molecule has 1 aromatic carbocycles. The van der Waals surface area contributed by atoms with E-state index < -0.39 is 0 Å². The summed E-state index contributed by atoms with van der Waals surface area (Å²) in [6.45, 7) is 0. The molecule has 0 saturated heterocycles. The fraction of sp³-hybridized carbons (Fsp3) is 0.0667. The highest BCUT2D eigenvalue weighted by Crippen LogP contribution is 2.33. The fourth-order valence-corrected chi connectivity index (χ4v) is 2.90. The van der Waals surface area contributed by atoms with Gasteiger partial charge in [0.25, 0.3) is 5.91 Å². The number of rotatable bonds is 3. The molecule has 0 N–H and O–H groups in total. The molecule has 0 unspecified atom stereocenters. The molecule has 1 aromatic heterocycles. The minimum absolute atomic E-state index is 0.243. The Hall–Kier alpha value is -1.98. The molecule has 6 heteroatoms. The summed E-state index contributed by atoms with van der Waals surface area (Å²) in [7, 11) is 1.59. The molecule has 0 atom stereocenters. The van der Waals surface area contributed by atoms with Crippen LogP contribution < -0.4 is 4.74 Å². The maximum absolute atomic E-state index is 11.6. The quantitative estimate of drug-likeness (QED) is 0.809. The van der Waals surface area contributed by atoms with Crippen LogP contribution in [0.1, 0.15) is 5.56 Å². The molecule has 3 rings (SSSR count). The molecule has 0 aliphatic carbocycles. The number of methoxy groups -OCH3 is 1. The Balaban J connectivity index is 2.06. The predicted molar refractivity (Wildman–Crippen MR) is 86.4 cm³/mol. The number of halogens is 1. The molecule has 0 spiro atoms. The summed E-state index contributed by atoms with van der Waals surface area (Å²) in [4.78, 5) is 15.8. The summed E-state index contributed by atoms with van der Waals surface area (Å²) in [5.74, 6) is 0.406. The molecule has 0 fully saturated rings. The smallest absolute Gasteiger partial charge is 0.284 e. The second-order valence-electron chi connectivity index (χ2n) is 4.30. The highest BCUT2D eigenvalue weighted by molar-refractivity contribution is 8.16. The van der Waals surface area contributed by atoms with Crippen molar-refractivity contribution < 1.29 is 9.53 Å². The number of aliphatic imine (C=N–C) groups is 1. The summed E-state index contributed by atoms with van der Waals surface area (Å²) in [6, 6.07) is 7.47. The van der Waals surface area contributed by atoms with E-state index in [1.807, 2.05) is 35.2 Å². The van der Waals surface area contributed by atoms with Gasteiger partial charge >= 0.3 is 0 Å². The molecule has 1 aliphatic rings. The highest BCUT2D eigenvalue weighted by atomic mass is 35.5. The van der Waals surface area contributed by atoms with Gasteiger partial charge in [-0.2, -0.15) is 0 Å². The van der Waals surface area contributed by atoms with E-state index in [-0.39, 0.29) is 5.91 Å². The molecule has 106 valence electrons. The number of carbonyl (C=O) groups excluding carboxylic acids is 1. The van der Waals surface area contributed by atoms with Gasteiger partial charge in [0.15, 0.2) is 0 Å². The largest absolute Gasteiger partial charge is 0.496 e. The van der Waals surface area contributed by atoms with Crippen LogP contribution in [0.3, 0.4) is 0 Å². The molecule has 0 bridgehead atoms. The van der Waals surface area contributed by atoms with Crippen molar-refractivity contribution in [3.05, 3.63) is 52.2 Å². The molecule has 2 aromatic rings. The number of hydrogen-bond donors (Lipinski definition) is 0. The molecule has 21 heavy (non-hydrogen) atoms. The highest BCUT2D eigenvalue weighted by Gasteiger charge is 2.16. The molecule has 1 amide bonds. The summed E-state index contributed by atoms with van der Waals surface area (Å²) >= 11 is 7.63. The van der Waals surface area contributed by atoms with E-state index in [0.29, 0.717) is 15.7 Å². The maximum atomic E-state index is 11.6. The third-order valence-corrected chi connectivity index (χ3v) is 4.09. The Morgan fingerprint density at radius 3 is 2.71 bits per heavy atom. The van der Waals surface area contributed by atoms with Crippen LogP contribution in [0.25, 0.3) is 11.8 Å². The van der Waals surface area contributed by atoms with E-state index in [1.54, 1.807) is 19.3 Å². The predicted octanol–water partition coefficient (Wildman–Crippen LogP) is 3.78. The lowest BCUT2D eigenvalue weighted by Crippen LogP contribution is -1.96. The molecule has 0 radical (unpaired) electrons. The van der Waals surface area contributed by atoms with Crippen LogP contribution in [-0.4, -0.2) is 23.1 Å². The lowest BCUT2D eigenvalue weighted by molar-refractivity contribution is -0.113.